The Morgan fingerprint density at radius 2 is 2.25 bits per heavy atom. The predicted octanol–water partition coefficient (Wildman–Crippen LogP) is 2.73. The minimum absolute atomic E-state index is 0.0408. The van der Waals surface area contributed by atoms with Crippen LogP contribution in [0.5, 0.6) is 5.75 Å². The summed E-state index contributed by atoms with van der Waals surface area (Å²) in [6.45, 7) is -1.20. The molecule has 1 amide bonds. The maximum Gasteiger partial charge on any atom is 0.387 e. The van der Waals surface area contributed by atoms with Gasteiger partial charge in [-0.1, -0.05) is 6.07 Å². The highest BCUT2D eigenvalue weighted by Gasteiger charge is 2.13. The Hall–Kier alpha value is -3.04. The number of halogens is 2. The molecule has 128 valence electrons. The monoisotopic (exact) mass is 340 g/mol. The topological polar surface area (TPSA) is 99.3 Å². The standard InChI is InChI=1S/C14H14F2N4O4/c1-9-2-3-11(12(6-9)24-14(15)16)18-13(21)4-5-19-8-10(7-17-19)20(22)23/h2-3,6-8,14H,4-5H2,1H3,(H,18,21). The number of anilines is 1. The van der Waals surface area contributed by atoms with Gasteiger partial charge in [-0.05, 0) is 24.6 Å². The molecule has 1 N–H and O–H groups in total. The van der Waals surface area contributed by atoms with Crippen LogP contribution in [0, 0.1) is 17.0 Å². The van der Waals surface area contributed by atoms with Crippen molar-refractivity contribution in [2.45, 2.75) is 26.5 Å². The van der Waals surface area contributed by atoms with E-state index < -0.39 is 17.4 Å². The van der Waals surface area contributed by atoms with Gasteiger partial charge in [-0.15, -0.1) is 0 Å². The second-order valence-corrected chi connectivity index (χ2v) is 4.90. The molecule has 0 spiro atoms. The van der Waals surface area contributed by atoms with Crippen LogP contribution < -0.4 is 10.1 Å². The Kier molecular flexibility index (Phi) is 5.40. The second-order valence-electron chi connectivity index (χ2n) is 4.90. The number of carbonyl (C=O) groups is 1. The van der Waals surface area contributed by atoms with E-state index >= 15 is 0 Å². The molecule has 10 heteroatoms. The summed E-state index contributed by atoms with van der Waals surface area (Å²) in [5, 5.41) is 16.8. The minimum atomic E-state index is -3.01. The molecule has 1 heterocycles. The van der Waals surface area contributed by atoms with Gasteiger partial charge in [-0.2, -0.15) is 13.9 Å². The van der Waals surface area contributed by atoms with Crippen molar-refractivity contribution in [3.8, 4) is 5.75 Å². The largest absolute Gasteiger partial charge is 0.433 e. The molecule has 0 radical (unpaired) electrons. The van der Waals surface area contributed by atoms with E-state index in [-0.39, 0.29) is 30.1 Å². The molecule has 2 aromatic rings. The maximum atomic E-state index is 12.4. The number of carbonyl (C=O) groups excluding carboxylic acids is 1. The zero-order valence-electron chi connectivity index (χ0n) is 12.6. The zero-order chi connectivity index (χ0) is 17.7. The van der Waals surface area contributed by atoms with Crippen LogP contribution in [0.1, 0.15) is 12.0 Å². The van der Waals surface area contributed by atoms with Crippen molar-refractivity contribution in [2.24, 2.45) is 0 Å². The van der Waals surface area contributed by atoms with Gasteiger partial charge in [0.1, 0.15) is 18.1 Å². The lowest BCUT2D eigenvalue weighted by molar-refractivity contribution is -0.385. The lowest BCUT2D eigenvalue weighted by Crippen LogP contribution is -2.16. The fourth-order valence-electron chi connectivity index (χ4n) is 1.92. The number of hydrogen-bond acceptors (Lipinski definition) is 5. The first-order chi connectivity index (χ1) is 11.3. The highest BCUT2D eigenvalue weighted by atomic mass is 19.3. The van der Waals surface area contributed by atoms with E-state index in [9.17, 15) is 23.7 Å². The van der Waals surface area contributed by atoms with Crippen molar-refractivity contribution < 1.29 is 23.2 Å². The summed E-state index contributed by atoms with van der Waals surface area (Å²) in [7, 11) is 0. The first kappa shape index (κ1) is 17.3. The van der Waals surface area contributed by atoms with Crippen molar-refractivity contribution in [3.05, 3.63) is 46.3 Å². The number of benzene rings is 1. The average Bonchev–Trinajstić information content (AvgIpc) is 2.96. The molecule has 0 atom stereocenters. The highest BCUT2D eigenvalue weighted by Crippen LogP contribution is 2.27. The Morgan fingerprint density at radius 1 is 1.50 bits per heavy atom. The van der Waals surface area contributed by atoms with Gasteiger partial charge < -0.3 is 10.1 Å². The smallest absolute Gasteiger partial charge is 0.387 e. The Labute approximate surface area is 135 Å². The van der Waals surface area contributed by atoms with Crippen molar-refractivity contribution in [1.82, 2.24) is 9.78 Å². The highest BCUT2D eigenvalue weighted by molar-refractivity contribution is 5.92. The summed E-state index contributed by atoms with van der Waals surface area (Å²) in [6.07, 6.45) is 2.23. The number of ether oxygens (including phenoxy) is 1. The molecule has 0 aliphatic carbocycles. The second kappa shape index (κ2) is 7.49. The number of nitrogens with zero attached hydrogens (tertiary/aromatic N) is 3. The summed E-state index contributed by atoms with van der Waals surface area (Å²) in [5.41, 5.74) is 0.645. The third kappa shape index (κ3) is 4.73. The van der Waals surface area contributed by atoms with E-state index in [0.29, 0.717) is 5.56 Å². The van der Waals surface area contributed by atoms with Crippen molar-refractivity contribution >= 4 is 17.3 Å². The molecular formula is C14H14F2N4O4. The van der Waals surface area contributed by atoms with E-state index in [1.54, 1.807) is 13.0 Å². The quantitative estimate of drug-likeness (QED) is 0.617. The van der Waals surface area contributed by atoms with Crippen LogP contribution >= 0.6 is 0 Å². The number of nitro groups is 1. The summed E-state index contributed by atoms with van der Waals surface area (Å²) >= 11 is 0. The molecule has 0 fully saturated rings. The molecule has 8 nitrogen and oxygen atoms in total. The van der Waals surface area contributed by atoms with Gasteiger partial charge in [-0.3, -0.25) is 19.6 Å². The number of hydrogen-bond donors (Lipinski definition) is 1. The van der Waals surface area contributed by atoms with Crippen molar-refractivity contribution in [2.75, 3.05) is 5.32 Å². The van der Waals surface area contributed by atoms with E-state index in [2.05, 4.69) is 15.2 Å². The number of aromatic nitrogens is 2. The molecule has 0 saturated heterocycles. The van der Waals surface area contributed by atoms with Crippen LogP contribution in [0.2, 0.25) is 0 Å². The summed E-state index contributed by atoms with van der Waals surface area (Å²) in [5.74, 6) is -0.593. The van der Waals surface area contributed by atoms with E-state index in [1.165, 1.54) is 23.0 Å². The van der Waals surface area contributed by atoms with Gasteiger partial charge in [0.15, 0.2) is 0 Å². The van der Waals surface area contributed by atoms with Gasteiger partial charge in [0.2, 0.25) is 5.91 Å². The van der Waals surface area contributed by atoms with Gasteiger partial charge in [0.05, 0.1) is 10.6 Å². The van der Waals surface area contributed by atoms with E-state index in [4.69, 9.17) is 0 Å². The number of nitrogens with one attached hydrogen (secondary N) is 1. The Bertz CT molecular complexity index is 748. The van der Waals surface area contributed by atoms with Gasteiger partial charge in [0, 0.05) is 13.0 Å². The third-order valence-electron chi connectivity index (χ3n) is 3.03. The summed E-state index contributed by atoms with van der Waals surface area (Å²) in [4.78, 5) is 21.9. The SMILES string of the molecule is Cc1ccc(NC(=O)CCn2cc([N+](=O)[O-])cn2)c(OC(F)F)c1. The fourth-order valence-corrected chi connectivity index (χ4v) is 1.92. The number of amides is 1. The third-order valence-corrected chi connectivity index (χ3v) is 3.03. The van der Waals surface area contributed by atoms with Crippen molar-refractivity contribution in [3.63, 3.8) is 0 Å². The van der Waals surface area contributed by atoms with Crippen LogP contribution in [-0.2, 0) is 11.3 Å². The normalized spacial score (nSPS) is 10.7. The molecule has 24 heavy (non-hydrogen) atoms. The lowest BCUT2D eigenvalue weighted by Gasteiger charge is -2.12. The zero-order valence-corrected chi connectivity index (χ0v) is 12.6. The van der Waals surface area contributed by atoms with Gasteiger partial charge >= 0.3 is 12.3 Å². The van der Waals surface area contributed by atoms with Crippen LogP contribution in [0.15, 0.2) is 30.6 Å². The van der Waals surface area contributed by atoms with E-state index in [1.807, 2.05) is 0 Å². The summed E-state index contributed by atoms with van der Waals surface area (Å²) in [6, 6.07) is 4.49. The van der Waals surface area contributed by atoms with Gasteiger partial charge in [-0.25, -0.2) is 0 Å². The van der Waals surface area contributed by atoms with Gasteiger partial charge in [0.25, 0.3) is 0 Å². The Morgan fingerprint density at radius 3 is 2.88 bits per heavy atom. The lowest BCUT2D eigenvalue weighted by atomic mass is 10.2. The minimum Gasteiger partial charge on any atom is -0.433 e. The molecule has 1 aromatic heterocycles. The number of alkyl halides is 2. The van der Waals surface area contributed by atoms with Crippen LogP contribution in [0.4, 0.5) is 20.2 Å². The van der Waals surface area contributed by atoms with Crippen LogP contribution in [0.25, 0.3) is 0 Å². The maximum absolute atomic E-state index is 12.4. The van der Waals surface area contributed by atoms with E-state index in [0.717, 1.165) is 6.20 Å². The molecule has 2 rings (SSSR count). The molecule has 0 aliphatic heterocycles. The van der Waals surface area contributed by atoms with Crippen LogP contribution in [-0.4, -0.2) is 27.2 Å². The number of aryl methyl sites for hydroxylation is 2. The van der Waals surface area contributed by atoms with Crippen molar-refractivity contribution in [1.29, 1.82) is 0 Å². The molecular weight excluding hydrogens is 326 g/mol. The first-order valence-electron chi connectivity index (χ1n) is 6.87. The Balaban J connectivity index is 1.97. The molecule has 0 aliphatic rings. The predicted molar refractivity (Wildman–Crippen MR) is 79.9 cm³/mol. The summed E-state index contributed by atoms with van der Waals surface area (Å²) < 4.78 is 30.4. The molecule has 0 unspecified atom stereocenters. The number of rotatable bonds is 7. The fraction of sp³-hybridized carbons (Fsp3) is 0.286. The molecule has 1 aromatic carbocycles. The molecule has 0 bridgehead atoms. The van der Waals surface area contributed by atoms with Crippen LogP contribution in [0.3, 0.4) is 0 Å². The molecule has 0 saturated carbocycles. The average molecular weight is 340 g/mol. The first-order valence-corrected chi connectivity index (χ1v) is 6.87.